The smallest absolute Gasteiger partial charge is 0.388 e. The Morgan fingerprint density at radius 3 is 2.07 bits per heavy atom. The van der Waals surface area contributed by atoms with Crippen LogP contribution < -0.4 is 21.6 Å². The zero-order valence-electron chi connectivity index (χ0n) is 23.3. The van der Waals surface area contributed by atoms with E-state index in [1.807, 2.05) is 0 Å². The first-order valence-electron chi connectivity index (χ1n) is 13.3. The third-order valence-corrected chi connectivity index (χ3v) is 9.49. The summed E-state index contributed by atoms with van der Waals surface area (Å²) in [5.41, 5.74) is 12.8. The lowest BCUT2D eigenvalue weighted by atomic mass is 10.1. The average Bonchev–Trinajstić information content (AvgIpc) is 3.77. The minimum Gasteiger partial charge on any atom is -0.388 e. The van der Waals surface area contributed by atoms with Crippen LogP contribution in [-0.2, 0) is 27.7 Å². The number of hydrogen-bond acceptors (Lipinski definition) is 16. The minimum atomic E-state index is -4.73. The molecule has 22 nitrogen and oxygen atoms in total. The van der Waals surface area contributed by atoms with Crippen LogP contribution in [0.4, 0.5) is 11.6 Å². The van der Waals surface area contributed by atoms with E-state index in [1.54, 1.807) is 0 Å². The molecule has 2 aliphatic rings. The molecule has 24 heteroatoms. The summed E-state index contributed by atoms with van der Waals surface area (Å²) in [5.74, 6) is 0.221. The highest BCUT2D eigenvalue weighted by atomic mass is 31.2. The van der Waals surface area contributed by atoms with Crippen LogP contribution in [0, 0.1) is 0 Å². The molecule has 0 spiro atoms. The second-order valence-electron chi connectivity index (χ2n) is 10.2. The molecule has 2 fully saturated rings. The van der Waals surface area contributed by atoms with Gasteiger partial charge in [-0.05, 0) is 7.05 Å². The van der Waals surface area contributed by atoms with Crippen LogP contribution in [0.3, 0.4) is 0 Å². The van der Waals surface area contributed by atoms with Gasteiger partial charge in [-0.25, -0.2) is 49.2 Å². The number of aliphatic hydroxyl groups excluding tert-OH is 2. The molecular formula is C21H30N12O10P2. The number of fused-ring (bicyclic) bond motifs is 2. The van der Waals surface area contributed by atoms with E-state index in [0.717, 1.165) is 0 Å². The van der Waals surface area contributed by atoms with E-state index in [2.05, 4.69) is 40.1 Å². The van der Waals surface area contributed by atoms with E-state index in [-0.39, 0.29) is 29.2 Å². The van der Waals surface area contributed by atoms with Crippen LogP contribution in [0.15, 0.2) is 25.3 Å². The number of ether oxygens (including phenoxy) is 2. The molecule has 0 saturated carbocycles. The van der Waals surface area contributed by atoms with Gasteiger partial charge in [-0.2, -0.15) is 0 Å². The molecule has 2 saturated heterocycles. The zero-order chi connectivity index (χ0) is 32.1. The fraction of sp³-hybridized carbons (Fsp3) is 0.524. The second kappa shape index (κ2) is 12.2. The minimum absolute atomic E-state index is 0.0348. The Labute approximate surface area is 252 Å². The first-order chi connectivity index (χ1) is 21.4. The van der Waals surface area contributed by atoms with Gasteiger partial charge in [-0.3, -0.25) is 18.2 Å². The molecule has 0 radical (unpaired) electrons. The van der Waals surface area contributed by atoms with Gasteiger partial charge in [0.05, 0.1) is 38.0 Å². The van der Waals surface area contributed by atoms with Crippen molar-refractivity contribution in [2.24, 2.45) is 0 Å². The molecule has 2 unspecified atom stereocenters. The summed E-state index contributed by atoms with van der Waals surface area (Å²) in [7, 11) is -7.77. The lowest BCUT2D eigenvalue weighted by molar-refractivity contribution is -0.0475. The molecule has 6 heterocycles. The molecule has 10 N–H and O–H groups in total. The van der Waals surface area contributed by atoms with E-state index in [1.165, 1.54) is 41.5 Å². The maximum absolute atomic E-state index is 13.2. The monoisotopic (exact) mass is 672 g/mol. The maximum atomic E-state index is 13.2. The highest BCUT2D eigenvalue weighted by Crippen LogP contribution is 2.45. The highest BCUT2D eigenvalue weighted by Gasteiger charge is 2.49. The Hall–Kier alpha value is -3.24. The number of nitrogen functional groups attached to an aromatic ring is 2. The van der Waals surface area contributed by atoms with Crippen molar-refractivity contribution in [2.45, 2.75) is 49.3 Å². The highest BCUT2D eigenvalue weighted by molar-refractivity contribution is 7.50. The molecular weight excluding hydrogens is 642 g/mol. The van der Waals surface area contributed by atoms with Gasteiger partial charge in [0.25, 0.3) is 0 Å². The van der Waals surface area contributed by atoms with Crippen LogP contribution in [0.5, 0.6) is 0 Å². The molecule has 4 aromatic rings. The maximum Gasteiger partial charge on any atom is 0.403 e. The summed E-state index contributed by atoms with van der Waals surface area (Å²) in [5, 5.41) is 26.4. The van der Waals surface area contributed by atoms with Crippen molar-refractivity contribution in [2.75, 3.05) is 31.7 Å². The lowest BCUT2D eigenvalue weighted by Crippen LogP contribution is -2.44. The van der Waals surface area contributed by atoms with Crippen LogP contribution in [0.2, 0.25) is 0 Å². The van der Waals surface area contributed by atoms with Gasteiger partial charge in [0.2, 0.25) is 0 Å². The molecule has 4 aromatic heterocycles. The van der Waals surface area contributed by atoms with Gasteiger partial charge >= 0.3 is 15.5 Å². The first kappa shape index (κ1) is 31.7. The second-order valence-corrected chi connectivity index (χ2v) is 13.5. The molecule has 244 valence electrons. The van der Waals surface area contributed by atoms with E-state index < -0.39 is 71.6 Å². The van der Waals surface area contributed by atoms with Gasteiger partial charge < -0.3 is 40.9 Å². The number of nitrogens with zero attached hydrogens (tertiary/aromatic N) is 8. The van der Waals surface area contributed by atoms with E-state index in [4.69, 9.17) is 30.0 Å². The van der Waals surface area contributed by atoms with Crippen molar-refractivity contribution in [1.29, 1.82) is 0 Å². The lowest BCUT2D eigenvalue weighted by Gasteiger charge is -2.25. The van der Waals surface area contributed by atoms with Crippen LogP contribution >= 0.6 is 15.5 Å². The summed E-state index contributed by atoms with van der Waals surface area (Å²) < 4.78 is 50.2. The first-order valence-corrected chi connectivity index (χ1v) is 16.5. The van der Waals surface area contributed by atoms with Crippen molar-refractivity contribution >= 4 is 49.5 Å². The topological polar surface area (TPSA) is 315 Å². The van der Waals surface area contributed by atoms with Gasteiger partial charge in [0.15, 0.2) is 35.4 Å². The van der Waals surface area contributed by atoms with Gasteiger partial charge in [0.1, 0.15) is 42.0 Å². The van der Waals surface area contributed by atoms with Crippen LogP contribution in [0.25, 0.3) is 22.3 Å². The summed E-state index contributed by atoms with van der Waals surface area (Å²) in [6, 6.07) is -1.37. The van der Waals surface area contributed by atoms with E-state index in [0.29, 0.717) is 11.2 Å². The van der Waals surface area contributed by atoms with E-state index in [9.17, 15) is 29.1 Å². The van der Waals surface area contributed by atoms with Crippen LogP contribution in [0.1, 0.15) is 18.9 Å². The molecule has 6 rings (SSSR count). The zero-order valence-corrected chi connectivity index (χ0v) is 25.1. The Balaban J connectivity index is 1.16. The van der Waals surface area contributed by atoms with Gasteiger partial charge in [-0.1, -0.05) is 0 Å². The Morgan fingerprint density at radius 2 is 1.47 bits per heavy atom. The number of nitrogens with two attached hydrogens (primary N) is 2. The van der Waals surface area contributed by atoms with Crippen molar-refractivity contribution in [3.63, 3.8) is 0 Å². The SMILES string of the molecule is CNP(=O)(O)OC[C@H]1O[C@@H](n2cnc3c(N)ncnc32)[C@H](O)[C@@H]1NP(=O)(O)OC[C@@H]1C[C@@H](O)[C@H](n2cnc3c(N)ncnc32)O1. The molecule has 45 heavy (non-hydrogen) atoms. The third kappa shape index (κ3) is 6.28. The molecule has 2 aliphatic heterocycles. The van der Waals surface area contributed by atoms with Crippen molar-refractivity contribution in [3.05, 3.63) is 25.3 Å². The normalized spacial score (nSPS) is 29.8. The fourth-order valence-electron chi connectivity index (χ4n) is 5.12. The number of aromatic nitrogens is 8. The number of anilines is 2. The fourth-order valence-corrected chi connectivity index (χ4v) is 6.74. The van der Waals surface area contributed by atoms with Gasteiger partial charge in [-0.15, -0.1) is 0 Å². The van der Waals surface area contributed by atoms with E-state index >= 15 is 0 Å². The summed E-state index contributed by atoms with van der Waals surface area (Å²) in [6.45, 7) is -1.03. The quantitative estimate of drug-likeness (QED) is 0.0810. The number of nitrogens with one attached hydrogen (secondary N) is 2. The van der Waals surface area contributed by atoms with Crippen molar-refractivity contribution in [3.8, 4) is 0 Å². The van der Waals surface area contributed by atoms with Crippen molar-refractivity contribution < 1.29 is 47.7 Å². The predicted molar refractivity (Wildman–Crippen MR) is 151 cm³/mol. The number of hydrogen-bond donors (Lipinski definition) is 8. The standard InChI is InChI=1S/C21H30N12O10P2/c1-24-44(36,37)41-4-11-12(15(35)21(43-11)33-8-30-14-17(23)26-6-28-19(14)33)31-45(38,39)40-3-9-2-10(34)20(42-9)32-7-29-13-16(22)25-5-27-18(13)32/h5-12,15,20-21,34-35H,2-4H2,1H3,(H2,22,25,27)(H2,23,26,28)(H2,24,36,37)(H2,31,38,39)/t9-,10+,11+,12+,15+,20+,21+/m0/s1. The number of rotatable bonds is 11. The Kier molecular flexibility index (Phi) is 8.58. The predicted octanol–water partition coefficient (Wildman–Crippen LogP) is -1.85. The summed E-state index contributed by atoms with van der Waals surface area (Å²) in [4.78, 5) is 44.9. The summed E-state index contributed by atoms with van der Waals surface area (Å²) in [6.07, 6.45) is -1.75. The van der Waals surface area contributed by atoms with Gasteiger partial charge in [0, 0.05) is 6.42 Å². The van der Waals surface area contributed by atoms with Crippen molar-refractivity contribution in [1.82, 2.24) is 49.2 Å². The Bertz CT molecular complexity index is 1790. The summed E-state index contributed by atoms with van der Waals surface area (Å²) >= 11 is 0. The molecule has 0 amide bonds. The molecule has 0 aliphatic carbocycles. The number of imidazole rings is 2. The molecule has 0 bridgehead atoms. The third-order valence-electron chi connectivity index (χ3n) is 7.31. The molecule has 9 atom stereocenters. The average molecular weight is 672 g/mol. The Morgan fingerprint density at radius 1 is 0.889 bits per heavy atom. The number of aliphatic hydroxyl groups is 2. The van der Waals surface area contributed by atoms with Crippen LogP contribution in [-0.4, -0.2) is 110 Å². The largest absolute Gasteiger partial charge is 0.403 e. The molecule has 0 aromatic carbocycles.